The highest BCUT2D eigenvalue weighted by atomic mass is 16.4. The molecule has 2 heterocycles. The Hall–Kier alpha value is -2.63. The average molecular weight is 284 g/mol. The molecule has 6 nitrogen and oxygen atoms in total. The van der Waals surface area contributed by atoms with Gasteiger partial charge in [0.25, 0.3) is 0 Å². The molecule has 0 aliphatic heterocycles. The molecule has 0 bridgehead atoms. The van der Waals surface area contributed by atoms with Crippen molar-refractivity contribution in [1.29, 1.82) is 0 Å². The molecule has 0 unspecified atom stereocenters. The van der Waals surface area contributed by atoms with Crippen LogP contribution in [0.1, 0.15) is 22.0 Å². The van der Waals surface area contributed by atoms with Crippen LogP contribution in [0.25, 0.3) is 11.0 Å². The Morgan fingerprint density at radius 2 is 2.19 bits per heavy atom. The molecule has 0 atom stereocenters. The zero-order valence-electron chi connectivity index (χ0n) is 11.9. The van der Waals surface area contributed by atoms with Crippen LogP contribution in [0.5, 0.6) is 0 Å². The molecule has 21 heavy (non-hydrogen) atoms. The normalized spacial score (nSPS) is 11.1. The fourth-order valence-corrected chi connectivity index (χ4v) is 2.57. The maximum Gasteiger partial charge on any atom is 0.337 e. The minimum Gasteiger partial charge on any atom is -0.478 e. The Bertz CT molecular complexity index is 816. The Morgan fingerprint density at radius 3 is 2.86 bits per heavy atom. The van der Waals surface area contributed by atoms with E-state index in [1.807, 2.05) is 35.4 Å². The number of aromatic carboxylic acids is 1. The van der Waals surface area contributed by atoms with Gasteiger partial charge in [-0.1, -0.05) is 6.07 Å². The van der Waals surface area contributed by atoms with Gasteiger partial charge in [0.1, 0.15) is 17.2 Å². The zero-order valence-corrected chi connectivity index (χ0v) is 11.9. The molecular weight excluding hydrogens is 268 g/mol. The van der Waals surface area contributed by atoms with Gasteiger partial charge in [-0.3, -0.25) is 0 Å². The first-order valence-corrected chi connectivity index (χ1v) is 6.73. The van der Waals surface area contributed by atoms with Gasteiger partial charge in [0.2, 0.25) is 0 Å². The average Bonchev–Trinajstić information content (AvgIpc) is 2.99. The van der Waals surface area contributed by atoms with Crippen LogP contribution in [-0.4, -0.2) is 30.2 Å². The van der Waals surface area contributed by atoms with E-state index in [0.29, 0.717) is 5.52 Å². The Kier molecular flexibility index (Phi) is 3.21. The monoisotopic (exact) mass is 284 g/mol. The second-order valence-corrected chi connectivity index (χ2v) is 4.99. The molecule has 0 radical (unpaired) electrons. The number of imidazole rings is 2. The van der Waals surface area contributed by atoms with Crippen LogP contribution in [0.4, 0.5) is 0 Å². The lowest BCUT2D eigenvalue weighted by Crippen LogP contribution is -2.07. The Morgan fingerprint density at radius 1 is 1.38 bits per heavy atom. The van der Waals surface area contributed by atoms with Crippen molar-refractivity contribution in [3.8, 4) is 0 Å². The molecule has 108 valence electrons. The second-order valence-electron chi connectivity index (χ2n) is 4.99. The SMILES string of the molecule is Cc1nc2c(C(=O)O)cccc2n1CCc1nccn1C. The zero-order chi connectivity index (χ0) is 15.0. The van der Waals surface area contributed by atoms with E-state index in [4.69, 9.17) is 0 Å². The minimum atomic E-state index is -0.950. The molecular formula is C15H16N4O2. The number of nitrogens with zero attached hydrogens (tertiary/aromatic N) is 4. The molecule has 2 aromatic heterocycles. The second kappa shape index (κ2) is 5.05. The predicted molar refractivity (Wildman–Crippen MR) is 78.3 cm³/mol. The van der Waals surface area contributed by atoms with Crippen molar-refractivity contribution in [2.45, 2.75) is 19.9 Å². The number of aryl methyl sites for hydroxylation is 4. The van der Waals surface area contributed by atoms with Gasteiger partial charge in [-0.15, -0.1) is 0 Å². The van der Waals surface area contributed by atoms with Crippen LogP contribution < -0.4 is 0 Å². The van der Waals surface area contributed by atoms with E-state index in [1.54, 1.807) is 18.3 Å². The van der Waals surface area contributed by atoms with E-state index in [-0.39, 0.29) is 5.56 Å². The first kappa shape index (κ1) is 13.4. The van der Waals surface area contributed by atoms with Crippen molar-refractivity contribution in [1.82, 2.24) is 19.1 Å². The summed E-state index contributed by atoms with van der Waals surface area (Å²) in [5.41, 5.74) is 1.63. The molecule has 0 spiro atoms. The lowest BCUT2D eigenvalue weighted by atomic mass is 10.2. The fraction of sp³-hybridized carbons (Fsp3) is 0.267. The number of carboxylic acid groups (broad SMARTS) is 1. The summed E-state index contributed by atoms with van der Waals surface area (Å²) in [6, 6.07) is 5.24. The first-order chi connectivity index (χ1) is 10.1. The van der Waals surface area contributed by atoms with Crippen molar-refractivity contribution < 1.29 is 9.90 Å². The van der Waals surface area contributed by atoms with Gasteiger partial charge in [-0.2, -0.15) is 0 Å². The van der Waals surface area contributed by atoms with E-state index in [9.17, 15) is 9.90 Å². The highest BCUT2D eigenvalue weighted by molar-refractivity contribution is 6.01. The van der Waals surface area contributed by atoms with Crippen molar-refractivity contribution in [3.63, 3.8) is 0 Å². The Balaban J connectivity index is 1.99. The van der Waals surface area contributed by atoms with E-state index in [0.717, 1.165) is 30.1 Å². The van der Waals surface area contributed by atoms with Crippen LogP contribution in [0.2, 0.25) is 0 Å². The van der Waals surface area contributed by atoms with Crippen molar-refractivity contribution in [3.05, 3.63) is 47.8 Å². The number of benzene rings is 1. The smallest absolute Gasteiger partial charge is 0.337 e. The van der Waals surface area contributed by atoms with Crippen LogP contribution in [0, 0.1) is 6.92 Å². The van der Waals surface area contributed by atoms with Gasteiger partial charge in [-0.25, -0.2) is 14.8 Å². The summed E-state index contributed by atoms with van der Waals surface area (Å²) in [4.78, 5) is 20.0. The molecule has 0 aliphatic carbocycles. The van der Waals surface area contributed by atoms with Crippen molar-refractivity contribution in [2.75, 3.05) is 0 Å². The number of hydrogen-bond donors (Lipinski definition) is 1. The van der Waals surface area contributed by atoms with Crippen molar-refractivity contribution in [2.24, 2.45) is 7.05 Å². The van der Waals surface area contributed by atoms with Gasteiger partial charge in [-0.05, 0) is 19.1 Å². The maximum absolute atomic E-state index is 11.3. The van der Waals surface area contributed by atoms with E-state index in [1.165, 1.54) is 0 Å². The maximum atomic E-state index is 11.3. The van der Waals surface area contributed by atoms with Gasteiger partial charge in [0.05, 0.1) is 11.1 Å². The molecule has 0 amide bonds. The number of rotatable bonds is 4. The molecule has 0 saturated heterocycles. The van der Waals surface area contributed by atoms with Crippen LogP contribution in [0.15, 0.2) is 30.6 Å². The summed E-state index contributed by atoms with van der Waals surface area (Å²) in [5, 5.41) is 9.24. The largest absolute Gasteiger partial charge is 0.478 e. The molecule has 1 N–H and O–H groups in total. The third-order valence-electron chi connectivity index (χ3n) is 3.68. The molecule has 6 heteroatoms. The Labute approximate surface area is 121 Å². The topological polar surface area (TPSA) is 72.9 Å². The van der Waals surface area contributed by atoms with E-state index in [2.05, 4.69) is 9.97 Å². The summed E-state index contributed by atoms with van der Waals surface area (Å²) in [7, 11) is 1.96. The molecule has 3 rings (SSSR count). The summed E-state index contributed by atoms with van der Waals surface area (Å²) < 4.78 is 4.02. The lowest BCUT2D eigenvalue weighted by Gasteiger charge is -2.07. The quantitative estimate of drug-likeness (QED) is 0.795. The van der Waals surface area contributed by atoms with E-state index >= 15 is 0 Å². The number of para-hydroxylation sites is 1. The lowest BCUT2D eigenvalue weighted by molar-refractivity contribution is 0.0699. The molecule has 0 fully saturated rings. The third-order valence-corrected chi connectivity index (χ3v) is 3.68. The number of aromatic nitrogens is 4. The van der Waals surface area contributed by atoms with Crippen LogP contribution in [0.3, 0.4) is 0 Å². The van der Waals surface area contributed by atoms with Gasteiger partial charge >= 0.3 is 5.97 Å². The molecule has 3 aromatic rings. The summed E-state index contributed by atoms with van der Waals surface area (Å²) >= 11 is 0. The highest BCUT2D eigenvalue weighted by Crippen LogP contribution is 2.20. The van der Waals surface area contributed by atoms with Crippen LogP contribution in [-0.2, 0) is 20.0 Å². The van der Waals surface area contributed by atoms with Gasteiger partial charge in [0.15, 0.2) is 0 Å². The summed E-state index contributed by atoms with van der Waals surface area (Å²) in [6.07, 6.45) is 4.46. The number of fused-ring (bicyclic) bond motifs is 1. The van der Waals surface area contributed by atoms with Gasteiger partial charge < -0.3 is 14.2 Å². The standard InChI is InChI=1S/C15H16N4O2/c1-10-17-14-11(15(20)21)4-3-5-12(14)19(10)8-6-13-16-7-9-18(13)2/h3-5,7,9H,6,8H2,1-2H3,(H,20,21). The van der Waals surface area contributed by atoms with Crippen LogP contribution >= 0.6 is 0 Å². The molecule has 0 saturated carbocycles. The minimum absolute atomic E-state index is 0.242. The summed E-state index contributed by atoms with van der Waals surface area (Å²) in [6.45, 7) is 2.61. The number of carbonyl (C=O) groups is 1. The van der Waals surface area contributed by atoms with E-state index < -0.39 is 5.97 Å². The molecule has 1 aromatic carbocycles. The third kappa shape index (κ3) is 2.29. The molecule has 0 aliphatic rings. The number of carboxylic acids is 1. The number of hydrogen-bond acceptors (Lipinski definition) is 3. The highest BCUT2D eigenvalue weighted by Gasteiger charge is 2.15. The predicted octanol–water partition coefficient (Wildman–Crippen LogP) is 2.02. The summed E-state index contributed by atoms with van der Waals surface area (Å²) in [5.74, 6) is 0.855. The van der Waals surface area contributed by atoms with Gasteiger partial charge in [0, 0.05) is 32.4 Å². The fourth-order valence-electron chi connectivity index (χ4n) is 2.57. The first-order valence-electron chi connectivity index (χ1n) is 6.73. The van der Waals surface area contributed by atoms with Crippen molar-refractivity contribution >= 4 is 17.0 Å².